The normalized spacial score (nSPS) is 15.1. The second-order valence-electron chi connectivity index (χ2n) is 8.73. The lowest BCUT2D eigenvalue weighted by Gasteiger charge is -2.32. The van der Waals surface area contributed by atoms with Gasteiger partial charge in [0.25, 0.3) is 0 Å². The molecule has 2 heterocycles. The molecule has 2 aromatic rings. The zero-order chi connectivity index (χ0) is 24.5. The fourth-order valence-electron chi connectivity index (χ4n) is 3.82. The van der Waals surface area contributed by atoms with Crippen LogP contribution in [0.15, 0.2) is 30.5 Å². The van der Waals surface area contributed by atoms with Crippen LogP contribution in [0.3, 0.4) is 0 Å². The van der Waals surface area contributed by atoms with Crippen molar-refractivity contribution in [2.24, 2.45) is 5.73 Å². The predicted molar refractivity (Wildman–Crippen MR) is 130 cm³/mol. The second kappa shape index (κ2) is 12.3. The molecule has 1 aliphatic heterocycles. The zero-order valence-corrected chi connectivity index (χ0v) is 19.9. The summed E-state index contributed by atoms with van der Waals surface area (Å²) in [5.41, 5.74) is 6.97. The van der Waals surface area contributed by atoms with Crippen molar-refractivity contribution in [1.82, 2.24) is 19.8 Å². The van der Waals surface area contributed by atoms with Gasteiger partial charge in [0.05, 0.1) is 12.6 Å². The summed E-state index contributed by atoms with van der Waals surface area (Å²) in [6.45, 7) is 5.34. The quantitative estimate of drug-likeness (QED) is 0.461. The van der Waals surface area contributed by atoms with Crippen LogP contribution in [0.1, 0.15) is 38.2 Å². The van der Waals surface area contributed by atoms with Gasteiger partial charge in [0.1, 0.15) is 0 Å². The van der Waals surface area contributed by atoms with Gasteiger partial charge in [0, 0.05) is 44.3 Å². The van der Waals surface area contributed by atoms with Crippen LogP contribution < -0.4 is 16.4 Å². The first-order valence-corrected chi connectivity index (χ1v) is 11.7. The molecular formula is C24H34FN7O2. The Morgan fingerprint density at radius 3 is 2.53 bits per heavy atom. The molecule has 0 aliphatic carbocycles. The highest BCUT2D eigenvalue weighted by Crippen LogP contribution is 2.20. The van der Waals surface area contributed by atoms with Crippen LogP contribution in [0.2, 0.25) is 0 Å². The van der Waals surface area contributed by atoms with Crippen molar-refractivity contribution in [3.8, 4) is 0 Å². The predicted octanol–water partition coefficient (Wildman–Crippen LogP) is 2.52. The minimum atomic E-state index is -0.603. The van der Waals surface area contributed by atoms with Crippen molar-refractivity contribution >= 4 is 29.3 Å². The van der Waals surface area contributed by atoms with Crippen LogP contribution in [0, 0.1) is 5.82 Å². The number of likely N-dealkylation sites (N-methyl/N-ethyl adjacent to an activating group) is 1. The average Bonchev–Trinajstić information content (AvgIpc) is 2.81. The summed E-state index contributed by atoms with van der Waals surface area (Å²) in [4.78, 5) is 36.3. The first-order valence-electron chi connectivity index (χ1n) is 11.7. The summed E-state index contributed by atoms with van der Waals surface area (Å²) < 4.78 is 14.3. The Hall–Kier alpha value is -3.27. The number of hydrogen-bond donors (Lipinski definition) is 3. The van der Waals surface area contributed by atoms with Gasteiger partial charge in [-0.25, -0.2) is 9.37 Å². The number of aromatic nitrogens is 2. The summed E-state index contributed by atoms with van der Waals surface area (Å²) in [5.74, 6) is -0.686. The van der Waals surface area contributed by atoms with Gasteiger partial charge in [-0.1, -0.05) is 31.9 Å². The van der Waals surface area contributed by atoms with Crippen LogP contribution in [0.4, 0.5) is 21.8 Å². The molecule has 184 valence electrons. The number of nitrogens with one attached hydrogen (secondary N) is 2. The highest BCUT2D eigenvalue weighted by Gasteiger charge is 2.19. The zero-order valence-electron chi connectivity index (χ0n) is 19.9. The lowest BCUT2D eigenvalue weighted by molar-refractivity contribution is -0.132. The molecule has 1 fully saturated rings. The number of benzene rings is 1. The Morgan fingerprint density at radius 1 is 1.18 bits per heavy atom. The van der Waals surface area contributed by atoms with E-state index in [0.29, 0.717) is 18.5 Å². The summed E-state index contributed by atoms with van der Waals surface area (Å²) in [5, 5.41) is 6.05. The molecule has 0 saturated carbocycles. The van der Waals surface area contributed by atoms with Gasteiger partial charge in [0.2, 0.25) is 17.8 Å². The number of amides is 2. The smallest absolute Gasteiger partial charge is 0.229 e. The molecule has 1 aromatic heterocycles. The summed E-state index contributed by atoms with van der Waals surface area (Å²) >= 11 is 0. The van der Waals surface area contributed by atoms with E-state index in [1.807, 2.05) is 36.1 Å². The number of hydrogen-bond acceptors (Lipinski definition) is 7. The van der Waals surface area contributed by atoms with Gasteiger partial charge >= 0.3 is 0 Å². The molecule has 9 nitrogen and oxygen atoms in total. The molecule has 1 aromatic carbocycles. The summed E-state index contributed by atoms with van der Waals surface area (Å²) in [6, 6.07) is 7.14. The second-order valence-corrected chi connectivity index (χ2v) is 8.73. The molecule has 2 amide bonds. The molecule has 0 spiro atoms. The highest BCUT2D eigenvalue weighted by molar-refractivity contribution is 5.79. The van der Waals surface area contributed by atoms with Crippen molar-refractivity contribution in [3.63, 3.8) is 0 Å². The van der Waals surface area contributed by atoms with Crippen molar-refractivity contribution in [1.29, 1.82) is 0 Å². The molecule has 1 saturated heterocycles. The van der Waals surface area contributed by atoms with Gasteiger partial charge in [-0.15, -0.1) is 0 Å². The molecule has 1 aliphatic rings. The monoisotopic (exact) mass is 471 g/mol. The van der Waals surface area contributed by atoms with E-state index in [4.69, 9.17) is 5.73 Å². The fraction of sp³-hybridized carbons (Fsp3) is 0.500. The van der Waals surface area contributed by atoms with E-state index >= 15 is 0 Å². The van der Waals surface area contributed by atoms with E-state index < -0.39 is 11.7 Å². The Labute approximate surface area is 199 Å². The minimum Gasteiger partial charge on any atom is -0.370 e. The maximum atomic E-state index is 14.3. The van der Waals surface area contributed by atoms with E-state index in [1.54, 1.807) is 0 Å². The molecular weight excluding hydrogens is 437 g/mol. The Kier molecular flexibility index (Phi) is 9.15. The molecule has 1 unspecified atom stereocenters. The third-order valence-corrected chi connectivity index (χ3v) is 5.86. The molecule has 0 radical (unpaired) electrons. The number of unbranched alkanes of at least 4 members (excludes halogenated alkanes) is 1. The Balaban J connectivity index is 1.60. The average molecular weight is 472 g/mol. The number of halogens is 1. The van der Waals surface area contributed by atoms with Crippen molar-refractivity contribution in [3.05, 3.63) is 41.8 Å². The van der Waals surface area contributed by atoms with E-state index in [2.05, 4.69) is 32.5 Å². The van der Waals surface area contributed by atoms with Gasteiger partial charge in [0.15, 0.2) is 11.6 Å². The van der Waals surface area contributed by atoms with E-state index in [0.717, 1.165) is 50.8 Å². The molecule has 34 heavy (non-hydrogen) atoms. The van der Waals surface area contributed by atoms with Crippen LogP contribution in [0.25, 0.3) is 0 Å². The molecule has 4 N–H and O–H groups in total. The first-order chi connectivity index (χ1) is 16.3. The van der Waals surface area contributed by atoms with Gasteiger partial charge in [-0.2, -0.15) is 4.98 Å². The minimum absolute atomic E-state index is 0.0225. The lowest BCUT2D eigenvalue weighted by Crippen LogP contribution is -2.47. The standard InChI is InChI=1S/C24H34FN7O2/c1-3-4-5-19(15-21(26)33)28-23-20(25)16-27-24(30-23)29-18-8-6-17(7-9-18)14-22(34)32-12-10-31(2)11-13-32/h6-9,16,19H,3-5,10-15H2,1-2H3,(H2,26,33)(H2,27,28,29,30). The SMILES string of the molecule is CCCCC(CC(N)=O)Nc1nc(Nc2ccc(CC(=O)N3CCN(C)CC3)cc2)ncc1F. The van der Waals surface area contributed by atoms with Gasteiger partial charge in [-0.3, -0.25) is 9.59 Å². The van der Waals surface area contributed by atoms with Crippen molar-refractivity contribution < 1.29 is 14.0 Å². The number of primary amides is 1. The number of rotatable bonds is 11. The van der Waals surface area contributed by atoms with Crippen LogP contribution in [-0.2, 0) is 16.0 Å². The number of anilines is 3. The van der Waals surface area contributed by atoms with E-state index in [1.165, 1.54) is 0 Å². The third-order valence-electron chi connectivity index (χ3n) is 5.86. The Morgan fingerprint density at radius 2 is 1.88 bits per heavy atom. The highest BCUT2D eigenvalue weighted by atomic mass is 19.1. The Bertz CT molecular complexity index is 962. The summed E-state index contributed by atoms with van der Waals surface area (Å²) in [6.07, 6.45) is 4.05. The lowest BCUT2D eigenvalue weighted by atomic mass is 10.1. The van der Waals surface area contributed by atoms with Crippen molar-refractivity contribution in [2.75, 3.05) is 43.9 Å². The largest absolute Gasteiger partial charge is 0.370 e. The van der Waals surface area contributed by atoms with E-state index in [9.17, 15) is 14.0 Å². The number of piperazine rings is 1. The first kappa shape index (κ1) is 25.4. The summed E-state index contributed by atoms with van der Waals surface area (Å²) in [7, 11) is 2.06. The van der Waals surface area contributed by atoms with Crippen LogP contribution in [0.5, 0.6) is 0 Å². The maximum Gasteiger partial charge on any atom is 0.229 e. The topological polar surface area (TPSA) is 116 Å². The van der Waals surface area contributed by atoms with Gasteiger partial charge in [-0.05, 0) is 31.2 Å². The fourth-order valence-corrected chi connectivity index (χ4v) is 3.82. The van der Waals surface area contributed by atoms with E-state index in [-0.39, 0.29) is 30.1 Å². The number of carbonyl (C=O) groups excluding carboxylic acids is 2. The number of carbonyl (C=O) groups is 2. The van der Waals surface area contributed by atoms with Gasteiger partial charge < -0.3 is 26.2 Å². The molecule has 10 heteroatoms. The molecule has 1 atom stereocenters. The third kappa shape index (κ3) is 7.65. The van der Waals surface area contributed by atoms with Crippen LogP contribution in [-0.4, -0.2) is 70.9 Å². The van der Waals surface area contributed by atoms with Crippen LogP contribution >= 0.6 is 0 Å². The molecule has 0 bridgehead atoms. The maximum absolute atomic E-state index is 14.3. The van der Waals surface area contributed by atoms with Crippen molar-refractivity contribution in [2.45, 2.75) is 45.1 Å². The molecule has 3 rings (SSSR count). The number of nitrogens with zero attached hydrogens (tertiary/aromatic N) is 4. The number of nitrogens with two attached hydrogens (primary N) is 1.